The van der Waals surface area contributed by atoms with E-state index in [-0.39, 0.29) is 23.6 Å². The molecule has 0 aliphatic carbocycles. The summed E-state index contributed by atoms with van der Waals surface area (Å²) in [4.78, 5) is 42.6. The van der Waals surface area contributed by atoms with E-state index in [0.717, 1.165) is 5.56 Å². The second-order valence-electron chi connectivity index (χ2n) is 6.39. The molecule has 0 aliphatic heterocycles. The number of hydrogen-bond donors (Lipinski definition) is 1. The number of aromatic nitrogens is 3. The lowest BCUT2D eigenvalue weighted by atomic mass is 10.1. The number of rotatable bonds is 8. The Kier molecular flexibility index (Phi) is 7.14. The van der Waals surface area contributed by atoms with E-state index < -0.39 is 24.1 Å². The molecule has 3 aromatic rings. The first-order valence-corrected chi connectivity index (χ1v) is 10.5. The van der Waals surface area contributed by atoms with E-state index in [1.54, 1.807) is 38.4 Å². The van der Waals surface area contributed by atoms with Crippen LogP contribution in [0.2, 0.25) is 0 Å². The van der Waals surface area contributed by atoms with Crippen molar-refractivity contribution in [3.63, 3.8) is 0 Å². The number of nitrogens with one attached hydrogen (secondary N) is 1. The molecule has 10 heteroatoms. The lowest BCUT2D eigenvalue weighted by Crippen LogP contribution is -2.29. The Labute approximate surface area is 182 Å². The molecule has 0 aromatic carbocycles. The highest BCUT2D eigenvalue weighted by molar-refractivity contribution is 7.13. The Balaban J connectivity index is 2.15. The molecule has 0 amide bonds. The third-order valence-corrected chi connectivity index (χ3v) is 5.22. The number of anilines is 2. The van der Waals surface area contributed by atoms with Crippen LogP contribution in [-0.4, -0.2) is 39.9 Å². The molecule has 3 rings (SSSR count). The van der Waals surface area contributed by atoms with Gasteiger partial charge in [-0.05, 0) is 43.8 Å². The summed E-state index contributed by atoms with van der Waals surface area (Å²) in [6.07, 6.45) is 3.19. The van der Waals surface area contributed by atoms with Crippen molar-refractivity contribution in [1.29, 1.82) is 0 Å². The monoisotopic (exact) mass is 442 g/mol. The molecule has 0 bridgehead atoms. The summed E-state index contributed by atoms with van der Waals surface area (Å²) in [7, 11) is 0. The van der Waals surface area contributed by atoms with Crippen LogP contribution < -0.4 is 10.9 Å². The second kappa shape index (κ2) is 9.98. The van der Waals surface area contributed by atoms with E-state index >= 15 is 0 Å². The Hall–Kier alpha value is -3.53. The maximum absolute atomic E-state index is 13.1. The van der Waals surface area contributed by atoms with Crippen LogP contribution in [0.4, 0.5) is 11.4 Å². The molecule has 0 aliphatic rings. The minimum atomic E-state index is -0.853. The number of carbonyl (C=O) groups excluding carboxylic acids is 2. The van der Waals surface area contributed by atoms with Gasteiger partial charge in [-0.15, -0.1) is 11.3 Å². The molecule has 0 radical (unpaired) electrons. The Bertz CT molecular complexity index is 1140. The molecular weight excluding hydrogens is 420 g/mol. The van der Waals surface area contributed by atoms with Crippen molar-refractivity contribution < 1.29 is 19.1 Å². The van der Waals surface area contributed by atoms with Crippen molar-refractivity contribution in [3.8, 4) is 10.6 Å². The largest absolute Gasteiger partial charge is 0.463 e. The number of hydrogen-bond acceptors (Lipinski definition) is 9. The van der Waals surface area contributed by atoms with E-state index in [0.29, 0.717) is 17.1 Å². The predicted octanol–water partition coefficient (Wildman–Crippen LogP) is 3.16. The Morgan fingerprint density at radius 1 is 1.23 bits per heavy atom. The first kappa shape index (κ1) is 22.2. The summed E-state index contributed by atoms with van der Waals surface area (Å²) in [6, 6.07) is 5.38. The van der Waals surface area contributed by atoms with Crippen LogP contribution in [0, 0.1) is 6.92 Å². The fourth-order valence-electron chi connectivity index (χ4n) is 2.81. The Morgan fingerprint density at radius 3 is 2.68 bits per heavy atom. The van der Waals surface area contributed by atoms with Gasteiger partial charge in [-0.2, -0.15) is 5.10 Å². The standard InChI is InChI=1S/C21H22N4O5S/c1-4-25-20(27)19(23-14-11-22-9-8-13(14)3)17(18(24-25)15-7-6-10-31-15)21(28)30-12-16(26)29-5-2/h6-11,23H,4-5,12H2,1-3H3. The zero-order valence-corrected chi connectivity index (χ0v) is 18.2. The van der Waals surface area contributed by atoms with Gasteiger partial charge in [0.15, 0.2) is 6.61 Å². The predicted molar refractivity (Wildman–Crippen MR) is 117 cm³/mol. The third kappa shape index (κ3) is 4.97. The molecule has 0 saturated carbocycles. The van der Waals surface area contributed by atoms with Crippen LogP contribution in [-0.2, 0) is 20.8 Å². The lowest BCUT2D eigenvalue weighted by molar-refractivity contribution is -0.146. The van der Waals surface area contributed by atoms with Crippen LogP contribution in [0.25, 0.3) is 10.6 Å². The fraction of sp³-hybridized carbons (Fsp3) is 0.286. The topological polar surface area (TPSA) is 112 Å². The zero-order valence-electron chi connectivity index (χ0n) is 17.4. The number of ether oxygens (including phenoxy) is 2. The van der Waals surface area contributed by atoms with Crippen LogP contribution in [0.1, 0.15) is 29.8 Å². The maximum atomic E-state index is 13.1. The van der Waals surface area contributed by atoms with Crippen molar-refractivity contribution in [3.05, 3.63) is 57.5 Å². The van der Waals surface area contributed by atoms with E-state index in [9.17, 15) is 14.4 Å². The maximum Gasteiger partial charge on any atom is 0.344 e. The molecule has 0 spiro atoms. The fourth-order valence-corrected chi connectivity index (χ4v) is 3.53. The smallest absolute Gasteiger partial charge is 0.344 e. The van der Waals surface area contributed by atoms with Gasteiger partial charge in [0, 0.05) is 12.7 Å². The lowest BCUT2D eigenvalue weighted by Gasteiger charge is -2.17. The van der Waals surface area contributed by atoms with Gasteiger partial charge in [0.05, 0.1) is 23.4 Å². The zero-order chi connectivity index (χ0) is 22.4. The highest BCUT2D eigenvalue weighted by atomic mass is 32.1. The van der Waals surface area contributed by atoms with Crippen LogP contribution >= 0.6 is 11.3 Å². The van der Waals surface area contributed by atoms with Crippen molar-refractivity contribution in [2.45, 2.75) is 27.3 Å². The normalized spacial score (nSPS) is 10.5. The number of thiophene rings is 1. The second-order valence-corrected chi connectivity index (χ2v) is 7.34. The molecule has 162 valence electrons. The number of pyridine rings is 1. The van der Waals surface area contributed by atoms with Gasteiger partial charge in [0.25, 0.3) is 5.56 Å². The summed E-state index contributed by atoms with van der Waals surface area (Å²) < 4.78 is 11.2. The Morgan fingerprint density at radius 2 is 2.03 bits per heavy atom. The van der Waals surface area contributed by atoms with Gasteiger partial charge in [-0.25, -0.2) is 14.3 Å². The van der Waals surface area contributed by atoms with E-state index in [1.165, 1.54) is 16.0 Å². The molecule has 0 atom stereocenters. The average molecular weight is 442 g/mol. The quantitative estimate of drug-likeness (QED) is 0.530. The number of carbonyl (C=O) groups is 2. The minimum Gasteiger partial charge on any atom is -0.463 e. The minimum absolute atomic E-state index is 0.00482. The molecular formula is C21H22N4O5S. The molecule has 0 fully saturated rings. The van der Waals surface area contributed by atoms with E-state index in [2.05, 4.69) is 15.4 Å². The molecule has 1 N–H and O–H groups in total. The molecule has 31 heavy (non-hydrogen) atoms. The molecule has 0 saturated heterocycles. The summed E-state index contributed by atoms with van der Waals surface area (Å²) in [6.45, 7) is 5.18. The molecule has 9 nitrogen and oxygen atoms in total. The van der Waals surface area contributed by atoms with Gasteiger partial charge in [0.1, 0.15) is 16.9 Å². The summed E-state index contributed by atoms with van der Waals surface area (Å²) in [5.41, 5.74) is 1.14. The number of esters is 2. The van der Waals surface area contributed by atoms with Gasteiger partial charge < -0.3 is 14.8 Å². The van der Waals surface area contributed by atoms with Gasteiger partial charge >= 0.3 is 11.9 Å². The van der Waals surface area contributed by atoms with Gasteiger partial charge in [-0.3, -0.25) is 9.78 Å². The van der Waals surface area contributed by atoms with E-state index in [4.69, 9.17) is 9.47 Å². The molecule has 0 unspecified atom stereocenters. The van der Waals surface area contributed by atoms with E-state index in [1.807, 2.05) is 18.4 Å². The summed E-state index contributed by atoms with van der Waals surface area (Å²) in [5, 5.41) is 9.25. The van der Waals surface area contributed by atoms with Crippen LogP contribution in [0.3, 0.4) is 0 Å². The van der Waals surface area contributed by atoms with Crippen LogP contribution in [0.5, 0.6) is 0 Å². The molecule has 3 heterocycles. The van der Waals surface area contributed by atoms with Gasteiger partial charge in [-0.1, -0.05) is 6.07 Å². The summed E-state index contributed by atoms with van der Waals surface area (Å²) >= 11 is 1.37. The number of aryl methyl sites for hydroxylation is 2. The van der Waals surface area contributed by atoms with Crippen molar-refractivity contribution in [2.75, 3.05) is 18.5 Å². The first-order chi connectivity index (χ1) is 15.0. The van der Waals surface area contributed by atoms with Crippen molar-refractivity contribution in [1.82, 2.24) is 14.8 Å². The average Bonchev–Trinajstić information content (AvgIpc) is 3.29. The molecule has 3 aromatic heterocycles. The van der Waals surface area contributed by atoms with Crippen LogP contribution in [0.15, 0.2) is 40.8 Å². The SMILES string of the molecule is CCOC(=O)COC(=O)c1c(-c2cccs2)nn(CC)c(=O)c1Nc1cnccc1C. The first-order valence-electron chi connectivity index (χ1n) is 9.65. The third-order valence-electron chi connectivity index (χ3n) is 4.34. The van der Waals surface area contributed by atoms with Gasteiger partial charge in [0.2, 0.25) is 0 Å². The van der Waals surface area contributed by atoms with Crippen molar-refractivity contribution >= 4 is 34.7 Å². The highest BCUT2D eigenvalue weighted by Gasteiger charge is 2.27. The number of nitrogens with zero attached hydrogens (tertiary/aromatic N) is 3. The van der Waals surface area contributed by atoms with Crippen molar-refractivity contribution in [2.24, 2.45) is 0 Å². The highest BCUT2D eigenvalue weighted by Crippen LogP contribution is 2.31. The summed E-state index contributed by atoms with van der Waals surface area (Å²) in [5.74, 6) is -1.53.